The second kappa shape index (κ2) is 7.36. The van der Waals surface area contributed by atoms with E-state index in [9.17, 15) is 4.57 Å². The van der Waals surface area contributed by atoms with E-state index in [1.165, 1.54) is 0 Å². The maximum absolute atomic E-state index is 14.7. The van der Waals surface area contributed by atoms with Gasteiger partial charge in [-0.2, -0.15) is 0 Å². The van der Waals surface area contributed by atoms with E-state index in [1.54, 1.807) is 6.26 Å². The van der Waals surface area contributed by atoms with Crippen molar-refractivity contribution in [3.8, 4) is 0 Å². The van der Waals surface area contributed by atoms with Crippen LogP contribution in [0.25, 0.3) is 0 Å². The zero-order valence-corrected chi connectivity index (χ0v) is 18.4. The third-order valence-corrected chi connectivity index (χ3v) is 9.34. The lowest BCUT2D eigenvalue weighted by Crippen LogP contribution is -2.22. The van der Waals surface area contributed by atoms with Gasteiger partial charge in [0.15, 0.2) is 0 Å². The van der Waals surface area contributed by atoms with Crippen LogP contribution in [0.4, 0.5) is 0 Å². The summed E-state index contributed by atoms with van der Waals surface area (Å²) in [5.41, 5.74) is 2.34. The molecule has 0 aliphatic carbocycles. The first kappa shape index (κ1) is 19.2. The number of nitrogens with zero attached hydrogens (tertiary/aromatic N) is 1. The Morgan fingerprint density at radius 1 is 0.893 bits per heavy atom. The Balaban J connectivity index is 1.83. The van der Waals surface area contributed by atoms with E-state index < -0.39 is 15.4 Å². The summed E-state index contributed by atoms with van der Waals surface area (Å²) in [5.74, 6) is 0.873. The highest BCUT2D eigenvalue weighted by atomic mass is 31.2. The fraction of sp³-hybridized carbons (Fsp3) is 0.217. The largest absolute Gasteiger partial charge is 0.468 e. The van der Waals surface area contributed by atoms with Gasteiger partial charge in [0.25, 0.3) is 0 Å². The van der Waals surface area contributed by atoms with Gasteiger partial charge in [0.05, 0.1) is 26.4 Å². The van der Waals surface area contributed by atoms with Gasteiger partial charge in [-0.15, -0.1) is 0 Å². The van der Waals surface area contributed by atoms with Crippen LogP contribution in [-0.4, -0.2) is 18.8 Å². The van der Waals surface area contributed by atoms with E-state index in [4.69, 9.17) is 4.42 Å². The lowest BCUT2D eigenvalue weighted by atomic mass is 10.2. The molecule has 0 amide bonds. The van der Waals surface area contributed by atoms with Crippen LogP contribution < -0.4 is 10.6 Å². The molecule has 3 aromatic rings. The lowest BCUT2D eigenvalue weighted by molar-refractivity contribution is 0.489. The molecule has 5 heteroatoms. The SMILES string of the molecule is C[Si](C)(C)/C=C/[C@@H]1[C@H](c2ccco2)N1P(=O)(c1ccccc1)c1ccccc1. The van der Waals surface area contributed by atoms with Crippen LogP contribution in [0.2, 0.25) is 19.6 Å². The van der Waals surface area contributed by atoms with Crippen molar-refractivity contribution in [3.05, 3.63) is 96.6 Å². The standard InChI is InChI=1S/C23H26NO2PSi/c1-28(2,3)18-16-21-23(22-15-10-17-26-22)24(21)27(25,19-11-6-4-7-12-19)20-13-8-5-9-14-20/h4-18,21,23H,1-3H3/b18-16+/t21-,23-,24?/m1/s1. The molecule has 28 heavy (non-hydrogen) atoms. The van der Waals surface area contributed by atoms with Crippen molar-refractivity contribution in [1.82, 2.24) is 4.67 Å². The molecule has 0 bridgehead atoms. The molecule has 1 unspecified atom stereocenters. The molecule has 1 aromatic heterocycles. The molecule has 1 fully saturated rings. The Morgan fingerprint density at radius 2 is 1.46 bits per heavy atom. The summed E-state index contributed by atoms with van der Waals surface area (Å²) < 4.78 is 22.6. The fourth-order valence-electron chi connectivity index (χ4n) is 3.62. The van der Waals surface area contributed by atoms with Crippen molar-refractivity contribution in [3.63, 3.8) is 0 Å². The molecular weight excluding hydrogens is 381 g/mol. The second-order valence-corrected chi connectivity index (χ2v) is 16.0. The van der Waals surface area contributed by atoms with Gasteiger partial charge in [0, 0.05) is 10.6 Å². The van der Waals surface area contributed by atoms with Crippen molar-refractivity contribution < 1.29 is 8.98 Å². The quantitative estimate of drug-likeness (QED) is 0.313. The predicted octanol–water partition coefficient (Wildman–Crippen LogP) is 5.37. The topological polar surface area (TPSA) is 33.2 Å². The maximum atomic E-state index is 14.7. The molecule has 1 saturated heterocycles. The highest BCUT2D eigenvalue weighted by Gasteiger charge is 2.58. The summed E-state index contributed by atoms with van der Waals surface area (Å²) >= 11 is 0. The van der Waals surface area contributed by atoms with E-state index in [2.05, 4.69) is 36.1 Å². The van der Waals surface area contributed by atoms with Crippen molar-refractivity contribution in [2.45, 2.75) is 31.7 Å². The smallest absolute Gasteiger partial charge is 0.208 e. The summed E-state index contributed by atoms with van der Waals surface area (Å²) in [6, 6.07) is 23.6. The third-order valence-electron chi connectivity index (χ3n) is 4.99. The number of benzene rings is 2. The highest BCUT2D eigenvalue weighted by molar-refractivity contribution is 7.76. The van der Waals surface area contributed by atoms with Gasteiger partial charge < -0.3 is 4.42 Å². The van der Waals surface area contributed by atoms with Gasteiger partial charge in [-0.05, 0) is 36.4 Å². The predicted molar refractivity (Wildman–Crippen MR) is 119 cm³/mol. The van der Waals surface area contributed by atoms with Gasteiger partial charge >= 0.3 is 0 Å². The Labute approximate surface area is 168 Å². The minimum absolute atomic E-state index is 0.00570. The van der Waals surface area contributed by atoms with Crippen molar-refractivity contribution in [2.75, 3.05) is 0 Å². The first-order valence-electron chi connectivity index (χ1n) is 9.64. The Kier molecular flexibility index (Phi) is 5.05. The molecule has 1 aliphatic heterocycles. The molecule has 0 spiro atoms. The van der Waals surface area contributed by atoms with Crippen LogP contribution in [0.1, 0.15) is 11.8 Å². The molecule has 3 nitrogen and oxygen atoms in total. The summed E-state index contributed by atoms with van der Waals surface area (Å²) in [5, 5.41) is 1.73. The number of hydrogen-bond acceptors (Lipinski definition) is 2. The van der Waals surface area contributed by atoms with Crippen LogP contribution in [-0.2, 0) is 4.57 Å². The molecule has 3 atom stereocenters. The molecule has 0 saturated carbocycles. The summed E-state index contributed by atoms with van der Waals surface area (Å²) in [6.07, 6.45) is 3.94. The third kappa shape index (κ3) is 3.60. The van der Waals surface area contributed by atoms with Crippen LogP contribution >= 0.6 is 7.29 Å². The number of hydrogen-bond donors (Lipinski definition) is 0. The average molecular weight is 408 g/mol. The molecule has 2 heterocycles. The first-order valence-corrected chi connectivity index (χ1v) is 14.9. The summed E-state index contributed by atoms with van der Waals surface area (Å²) in [7, 11) is -4.35. The Hall–Kier alpha value is -2.13. The molecule has 2 aromatic carbocycles. The van der Waals surface area contributed by atoms with Crippen molar-refractivity contribution >= 4 is 26.0 Å². The normalized spacial score (nSPS) is 22.5. The molecule has 144 valence electrons. The molecule has 0 radical (unpaired) electrons. The number of furan rings is 1. The van der Waals surface area contributed by atoms with Crippen molar-refractivity contribution in [1.29, 1.82) is 0 Å². The zero-order valence-electron chi connectivity index (χ0n) is 16.5. The van der Waals surface area contributed by atoms with E-state index in [0.717, 1.165) is 16.4 Å². The van der Waals surface area contributed by atoms with Crippen LogP contribution in [0.5, 0.6) is 0 Å². The van der Waals surface area contributed by atoms with Crippen molar-refractivity contribution in [2.24, 2.45) is 0 Å². The van der Waals surface area contributed by atoms with Crippen LogP contribution in [0, 0.1) is 0 Å². The molecule has 0 N–H and O–H groups in total. The van der Waals surface area contributed by atoms with Gasteiger partial charge in [-0.3, -0.25) is 4.57 Å². The zero-order chi connectivity index (χ0) is 19.8. The maximum Gasteiger partial charge on any atom is 0.208 e. The van der Waals surface area contributed by atoms with E-state index in [0.29, 0.717) is 0 Å². The van der Waals surface area contributed by atoms with Gasteiger partial charge in [0.2, 0.25) is 7.29 Å². The first-order chi connectivity index (χ1) is 13.4. The van der Waals surface area contributed by atoms with Gasteiger partial charge in [-0.25, -0.2) is 4.67 Å². The minimum atomic E-state index is -2.98. The summed E-state index contributed by atoms with van der Waals surface area (Å²) in [6.45, 7) is 6.93. The number of rotatable bonds is 6. The fourth-order valence-corrected chi connectivity index (χ4v) is 7.49. The van der Waals surface area contributed by atoms with Crippen LogP contribution in [0.3, 0.4) is 0 Å². The van der Waals surface area contributed by atoms with E-state index in [-0.39, 0.29) is 12.1 Å². The minimum Gasteiger partial charge on any atom is -0.468 e. The Bertz CT molecular complexity index is 951. The average Bonchev–Trinajstić information content (AvgIpc) is 3.17. The molecule has 4 rings (SSSR count). The Morgan fingerprint density at radius 3 is 1.93 bits per heavy atom. The molecular formula is C23H26NO2PSi. The monoisotopic (exact) mass is 407 g/mol. The van der Waals surface area contributed by atoms with E-state index >= 15 is 0 Å². The highest BCUT2D eigenvalue weighted by Crippen LogP contribution is 2.64. The molecule has 1 aliphatic rings. The van der Waals surface area contributed by atoms with Crippen LogP contribution in [0.15, 0.2) is 95.3 Å². The van der Waals surface area contributed by atoms with E-state index in [1.807, 2.05) is 72.8 Å². The van der Waals surface area contributed by atoms with Gasteiger partial charge in [0.1, 0.15) is 5.76 Å². The van der Waals surface area contributed by atoms with Gasteiger partial charge in [-0.1, -0.05) is 67.8 Å². The lowest BCUT2D eigenvalue weighted by Gasteiger charge is -2.21. The summed E-state index contributed by atoms with van der Waals surface area (Å²) in [4.78, 5) is 0. The second-order valence-electron chi connectivity index (χ2n) is 8.30.